The molecule has 1 N–H and O–H groups in total. The van der Waals surface area contributed by atoms with Crippen molar-refractivity contribution >= 4 is 16.8 Å². The van der Waals surface area contributed by atoms with Crippen LogP contribution in [0.2, 0.25) is 0 Å². The van der Waals surface area contributed by atoms with E-state index in [0.717, 1.165) is 11.0 Å². The Kier molecular flexibility index (Phi) is 2.83. The molecule has 3 aromatic rings. The highest BCUT2D eigenvalue weighted by Crippen LogP contribution is 2.13. The number of carbonyl (C=O) groups excluding carboxylic acids is 1. The Hall–Kier alpha value is -2.49. The van der Waals surface area contributed by atoms with E-state index in [1.807, 2.05) is 24.3 Å². The van der Waals surface area contributed by atoms with Gasteiger partial charge >= 0.3 is 0 Å². The maximum Gasteiger partial charge on any atom is 0.170 e. The van der Waals surface area contributed by atoms with Gasteiger partial charge in [0.1, 0.15) is 11.6 Å². The SMILES string of the molecule is O=C(Cc1nc2ccccc2[nH]1)c1cccc(F)c1. The Balaban J connectivity index is 1.86. The maximum atomic E-state index is 13.1. The van der Waals surface area contributed by atoms with Crippen molar-refractivity contribution in [1.82, 2.24) is 9.97 Å². The van der Waals surface area contributed by atoms with E-state index >= 15 is 0 Å². The highest BCUT2D eigenvalue weighted by molar-refractivity contribution is 5.97. The number of nitrogens with one attached hydrogen (secondary N) is 1. The predicted molar refractivity (Wildman–Crippen MR) is 70.5 cm³/mol. The Bertz CT molecular complexity index is 715. The van der Waals surface area contributed by atoms with E-state index in [2.05, 4.69) is 9.97 Å². The summed E-state index contributed by atoms with van der Waals surface area (Å²) in [5, 5.41) is 0. The standard InChI is InChI=1S/C15H11FN2O/c16-11-5-3-4-10(8-11)14(19)9-15-17-12-6-1-2-7-13(12)18-15/h1-8H,9H2,(H,17,18). The number of rotatable bonds is 3. The highest BCUT2D eigenvalue weighted by atomic mass is 19.1. The third-order valence-electron chi connectivity index (χ3n) is 2.91. The van der Waals surface area contributed by atoms with E-state index in [9.17, 15) is 9.18 Å². The molecule has 0 bridgehead atoms. The largest absolute Gasteiger partial charge is 0.342 e. The van der Waals surface area contributed by atoms with E-state index in [4.69, 9.17) is 0 Å². The van der Waals surface area contributed by atoms with Gasteiger partial charge in [-0.05, 0) is 24.3 Å². The molecular formula is C15H11FN2O. The molecule has 2 aromatic carbocycles. The smallest absolute Gasteiger partial charge is 0.170 e. The molecule has 0 atom stereocenters. The monoisotopic (exact) mass is 254 g/mol. The van der Waals surface area contributed by atoms with Crippen molar-refractivity contribution in [2.24, 2.45) is 0 Å². The molecule has 0 saturated carbocycles. The predicted octanol–water partition coefficient (Wildman–Crippen LogP) is 3.13. The number of hydrogen-bond donors (Lipinski definition) is 1. The Labute approximate surface area is 109 Å². The van der Waals surface area contributed by atoms with Gasteiger partial charge in [-0.25, -0.2) is 9.37 Å². The van der Waals surface area contributed by atoms with Crippen LogP contribution in [-0.2, 0) is 6.42 Å². The van der Waals surface area contributed by atoms with Gasteiger partial charge in [0.15, 0.2) is 5.78 Å². The molecule has 0 unspecified atom stereocenters. The van der Waals surface area contributed by atoms with E-state index in [1.165, 1.54) is 18.2 Å². The molecule has 0 aliphatic heterocycles. The number of hydrogen-bond acceptors (Lipinski definition) is 2. The molecule has 3 nitrogen and oxygen atoms in total. The minimum absolute atomic E-state index is 0.137. The molecule has 0 fully saturated rings. The van der Waals surface area contributed by atoms with Crippen LogP contribution in [0.1, 0.15) is 16.2 Å². The average molecular weight is 254 g/mol. The van der Waals surface area contributed by atoms with Crippen LogP contribution < -0.4 is 0 Å². The number of Topliss-reactive ketones (excluding diaryl/α,β-unsaturated/α-hetero) is 1. The van der Waals surface area contributed by atoms with Gasteiger partial charge < -0.3 is 4.98 Å². The quantitative estimate of drug-likeness (QED) is 0.730. The summed E-state index contributed by atoms with van der Waals surface area (Å²) in [4.78, 5) is 19.4. The Morgan fingerprint density at radius 1 is 1.16 bits per heavy atom. The lowest BCUT2D eigenvalue weighted by atomic mass is 10.1. The van der Waals surface area contributed by atoms with Crippen LogP contribution in [0.15, 0.2) is 48.5 Å². The number of carbonyl (C=O) groups is 1. The second kappa shape index (κ2) is 4.65. The fourth-order valence-corrected chi connectivity index (χ4v) is 2.01. The lowest BCUT2D eigenvalue weighted by molar-refractivity contribution is 0.0990. The van der Waals surface area contributed by atoms with Crippen molar-refractivity contribution in [3.8, 4) is 0 Å². The van der Waals surface area contributed by atoms with Crippen LogP contribution in [0.4, 0.5) is 4.39 Å². The Morgan fingerprint density at radius 2 is 2.00 bits per heavy atom. The lowest BCUT2D eigenvalue weighted by Gasteiger charge is -1.98. The third kappa shape index (κ3) is 2.38. The highest BCUT2D eigenvalue weighted by Gasteiger charge is 2.10. The van der Waals surface area contributed by atoms with Gasteiger partial charge in [0.2, 0.25) is 0 Å². The first-order valence-electron chi connectivity index (χ1n) is 5.95. The number of imidazole rings is 1. The summed E-state index contributed by atoms with van der Waals surface area (Å²) in [6.07, 6.45) is 0.137. The molecule has 19 heavy (non-hydrogen) atoms. The summed E-state index contributed by atoms with van der Waals surface area (Å²) in [6.45, 7) is 0. The number of aromatic amines is 1. The minimum atomic E-state index is -0.407. The van der Waals surface area contributed by atoms with Crippen LogP contribution in [0, 0.1) is 5.82 Å². The van der Waals surface area contributed by atoms with Gasteiger partial charge in [0.25, 0.3) is 0 Å². The number of fused-ring (bicyclic) bond motifs is 1. The molecule has 0 aliphatic carbocycles. The summed E-state index contributed by atoms with van der Waals surface area (Å²) in [7, 11) is 0. The molecule has 0 amide bonds. The van der Waals surface area contributed by atoms with Crippen LogP contribution in [0.3, 0.4) is 0 Å². The zero-order valence-electron chi connectivity index (χ0n) is 10.1. The zero-order chi connectivity index (χ0) is 13.2. The van der Waals surface area contributed by atoms with Crippen molar-refractivity contribution in [2.45, 2.75) is 6.42 Å². The summed E-state index contributed by atoms with van der Waals surface area (Å²) >= 11 is 0. The lowest BCUT2D eigenvalue weighted by Crippen LogP contribution is -2.05. The third-order valence-corrected chi connectivity index (χ3v) is 2.91. The van der Waals surface area contributed by atoms with Crippen molar-refractivity contribution < 1.29 is 9.18 Å². The fraction of sp³-hybridized carbons (Fsp3) is 0.0667. The van der Waals surface area contributed by atoms with Crippen LogP contribution in [-0.4, -0.2) is 15.8 Å². The number of halogens is 1. The summed E-state index contributed by atoms with van der Waals surface area (Å²) in [5.74, 6) is 0.0319. The number of benzene rings is 2. The van der Waals surface area contributed by atoms with Gasteiger partial charge in [0, 0.05) is 5.56 Å². The number of ketones is 1. The van der Waals surface area contributed by atoms with Crippen molar-refractivity contribution in [2.75, 3.05) is 0 Å². The van der Waals surface area contributed by atoms with Crippen LogP contribution in [0.5, 0.6) is 0 Å². The molecule has 0 saturated heterocycles. The van der Waals surface area contributed by atoms with Crippen LogP contribution in [0.25, 0.3) is 11.0 Å². The maximum absolute atomic E-state index is 13.1. The molecule has 4 heteroatoms. The molecule has 0 aliphatic rings. The topological polar surface area (TPSA) is 45.8 Å². The number of H-pyrrole nitrogens is 1. The van der Waals surface area contributed by atoms with Gasteiger partial charge in [-0.3, -0.25) is 4.79 Å². The molecule has 1 aromatic heterocycles. The van der Waals surface area contributed by atoms with E-state index in [0.29, 0.717) is 11.4 Å². The van der Waals surface area contributed by atoms with Crippen molar-refractivity contribution in [3.05, 3.63) is 65.7 Å². The van der Waals surface area contributed by atoms with Crippen molar-refractivity contribution in [1.29, 1.82) is 0 Å². The summed E-state index contributed by atoms with van der Waals surface area (Å²) in [6, 6.07) is 13.3. The molecule has 94 valence electrons. The van der Waals surface area contributed by atoms with E-state index in [-0.39, 0.29) is 12.2 Å². The summed E-state index contributed by atoms with van der Waals surface area (Å²) in [5.41, 5.74) is 2.08. The van der Waals surface area contributed by atoms with Gasteiger partial charge in [-0.1, -0.05) is 24.3 Å². The fourth-order valence-electron chi connectivity index (χ4n) is 2.01. The first-order chi connectivity index (χ1) is 9.22. The number of nitrogens with zero attached hydrogens (tertiary/aromatic N) is 1. The van der Waals surface area contributed by atoms with E-state index < -0.39 is 5.82 Å². The minimum Gasteiger partial charge on any atom is -0.342 e. The van der Waals surface area contributed by atoms with Crippen LogP contribution >= 0.6 is 0 Å². The zero-order valence-corrected chi connectivity index (χ0v) is 10.1. The molecular weight excluding hydrogens is 243 g/mol. The normalized spacial score (nSPS) is 10.8. The van der Waals surface area contributed by atoms with E-state index in [1.54, 1.807) is 6.07 Å². The second-order valence-corrected chi connectivity index (χ2v) is 4.31. The number of aromatic nitrogens is 2. The van der Waals surface area contributed by atoms with Gasteiger partial charge in [-0.15, -0.1) is 0 Å². The molecule has 3 rings (SSSR count). The summed E-state index contributed by atoms with van der Waals surface area (Å²) < 4.78 is 13.1. The Morgan fingerprint density at radius 3 is 2.79 bits per heavy atom. The van der Waals surface area contributed by atoms with Crippen molar-refractivity contribution in [3.63, 3.8) is 0 Å². The average Bonchev–Trinajstić information content (AvgIpc) is 2.80. The second-order valence-electron chi connectivity index (χ2n) is 4.31. The first kappa shape index (κ1) is 11.6. The number of para-hydroxylation sites is 2. The van der Waals surface area contributed by atoms with Gasteiger partial charge in [0.05, 0.1) is 17.5 Å². The first-order valence-corrected chi connectivity index (χ1v) is 5.95. The molecule has 0 radical (unpaired) electrons. The molecule has 1 heterocycles. The van der Waals surface area contributed by atoms with Gasteiger partial charge in [-0.2, -0.15) is 0 Å². The molecule has 0 spiro atoms.